The molecule has 88 valence electrons. The topological polar surface area (TPSA) is 65.5 Å². The van der Waals surface area contributed by atoms with E-state index in [1.807, 2.05) is 0 Å². The third kappa shape index (κ3) is 1.69. The van der Waals surface area contributed by atoms with Gasteiger partial charge in [0.15, 0.2) is 0 Å². The Morgan fingerprint density at radius 3 is 2.62 bits per heavy atom. The van der Waals surface area contributed by atoms with Gasteiger partial charge in [0, 0.05) is 12.8 Å². The minimum absolute atomic E-state index is 0.0301. The van der Waals surface area contributed by atoms with Gasteiger partial charge in [-0.3, -0.25) is 0 Å². The molecule has 0 saturated heterocycles. The van der Waals surface area contributed by atoms with E-state index in [2.05, 4.69) is 4.74 Å². The minimum atomic E-state index is -2.74. The zero-order chi connectivity index (χ0) is 12.0. The number of alkyl halides is 2. The van der Waals surface area contributed by atoms with Gasteiger partial charge >= 0.3 is 5.97 Å². The fourth-order valence-corrected chi connectivity index (χ4v) is 1.86. The molecule has 0 radical (unpaired) electrons. The molecule has 1 aromatic heterocycles. The maximum atomic E-state index is 12.7. The fourth-order valence-electron chi connectivity index (χ4n) is 1.86. The van der Waals surface area contributed by atoms with E-state index in [1.54, 1.807) is 0 Å². The van der Waals surface area contributed by atoms with E-state index < -0.39 is 30.3 Å². The zero-order valence-corrected chi connectivity index (χ0v) is 8.63. The summed E-state index contributed by atoms with van der Waals surface area (Å²) in [6.45, 7) is 0. The van der Waals surface area contributed by atoms with Crippen molar-refractivity contribution in [1.82, 2.24) is 0 Å². The Balaban J connectivity index is 2.17. The van der Waals surface area contributed by atoms with Crippen LogP contribution in [0.2, 0.25) is 0 Å². The molecule has 1 aliphatic rings. The first-order chi connectivity index (χ1) is 7.36. The Labute approximate surface area is 90.4 Å². The Morgan fingerprint density at radius 2 is 2.12 bits per heavy atom. The number of carbonyl (C=O) groups excluding carboxylic acids is 1. The molecule has 1 aromatic rings. The molecule has 1 aliphatic carbocycles. The van der Waals surface area contributed by atoms with E-state index in [1.165, 1.54) is 19.2 Å². The van der Waals surface area contributed by atoms with Crippen LogP contribution in [0.25, 0.3) is 0 Å². The number of nitrogens with two attached hydrogens (primary N) is 1. The molecule has 4 nitrogen and oxygen atoms in total. The Bertz CT molecular complexity index is 419. The number of ether oxygens (including phenoxy) is 1. The van der Waals surface area contributed by atoms with Gasteiger partial charge in [0.1, 0.15) is 5.76 Å². The Kier molecular flexibility index (Phi) is 2.27. The summed E-state index contributed by atoms with van der Waals surface area (Å²) in [5, 5.41) is 0. The highest BCUT2D eigenvalue weighted by molar-refractivity contribution is 5.86. The summed E-state index contributed by atoms with van der Waals surface area (Å²) < 4.78 is 35.0. The molecule has 0 aliphatic heterocycles. The van der Waals surface area contributed by atoms with Crippen LogP contribution >= 0.6 is 0 Å². The van der Waals surface area contributed by atoms with Gasteiger partial charge in [0.2, 0.25) is 5.76 Å². The molecule has 0 spiro atoms. The molecular weight excluding hydrogens is 220 g/mol. The van der Waals surface area contributed by atoms with E-state index in [4.69, 9.17) is 10.2 Å². The number of hydrogen-bond acceptors (Lipinski definition) is 4. The molecule has 0 unspecified atom stereocenters. The van der Waals surface area contributed by atoms with Crippen LogP contribution in [0.1, 0.15) is 29.2 Å². The predicted molar refractivity (Wildman–Crippen MR) is 50.1 cm³/mol. The van der Waals surface area contributed by atoms with E-state index in [0.29, 0.717) is 0 Å². The summed E-state index contributed by atoms with van der Waals surface area (Å²) in [5.41, 5.74) is 4.56. The minimum Gasteiger partial charge on any atom is -0.463 e. The van der Waals surface area contributed by atoms with Crippen molar-refractivity contribution in [3.05, 3.63) is 23.7 Å². The lowest BCUT2D eigenvalue weighted by atomic mass is 9.72. The highest BCUT2D eigenvalue weighted by Gasteiger charge is 2.57. The summed E-state index contributed by atoms with van der Waals surface area (Å²) >= 11 is 0. The van der Waals surface area contributed by atoms with Gasteiger partial charge in [-0.2, -0.15) is 0 Å². The summed E-state index contributed by atoms with van der Waals surface area (Å²) in [6.07, 6.45) is -0.928. The molecule has 0 aromatic carbocycles. The van der Waals surface area contributed by atoms with Crippen LogP contribution in [-0.2, 0) is 10.3 Å². The quantitative estimate of drug-likeness (QED) is 0.786. The maximum absolute atomic E-state index is 12.7. The number of carbonyl (C=O) groups is 1. The first kappa shape index (κ1) is 11.1. The lowest BCUT2D eigenvalue weighted by Gasteiger charge is -2.42. The number of halogens is 2. The number of methoxy groups -OCH3 is 1. The van der Waals surface area contributed by atoms with Crippen molar-refractivity contribution in [3.8, 4) is 0 Å². The highest BCUT2D eigenvalue weighted by atomic mass is 19.3. The van der Waals surface area contributed by atoms with E-state index in [9.17, 15) is 13.6 Å². The van der Waals surface area contributed by atoms with Gasteiger partial charge in [-0.25, -0.2) is 13.6 Å². The molecule has 16 heavy (non-hydrogen) atoms. The molecule has 0 amide bonds. The molecule has 1 fully saturated rings. The maximum Gasteiger partial charge on any atom is 0.373 e. The van der Waals surface area contributed by atoms with Crippen molar-refractivity contribution < 1.29 is 22.7 Å². The average Bonchev–Trinajstić information content (AvgIpc) is 2.62. The van der Waals surface area contributed by atoms with Crippen LogP contribution in [0.4, 0.5) is 8.78 Å². The molecule has 2 rings (SSSR count). The van der Waals surface area contributed by atoms with Crippen molar-refractivity contribution in [2.45, 2.75) is 24.3 Å². The monoisotopic (exact) mass is 231 g/mol. The lowest BCUT2D eigenvalue weighted by molar-refractivity contribution is -0.130. The largest absolute Gasteiger partial charge is 0.463 e. The van der Waals surface area contributed by atoms with Crippen molar-refractivity contribution in [2.75, 3.05) is 7.11 Å². The second-order valence-corrected chi connectivity index (χ2v) is 4.02. The summed E-state index contributed by atoms with van der Waals surface area (Å²) in [7, 11) is 1.21. The van der Waals surface area contributed by atoms with Crippen molar-refractivity contribution in [2.24, 2.45) is 5.73 Å². The van der Waals surface area contributed by atoms with Crippen LogP contribution in [0, 0.1) is 0 Å². The molecular formula is C10H11F2NO3. The zero-order valence-electron chi connectivity index (χ0n) is 8.63. The van der Waals surface area contributed by atoms with Crippen molar-refractivity contribution in [1.29, 1.82) is 0 Å². The summed E-state index contributed by atoms with van der Waals surface area (Å²) in [6, 6.07) is 2.80. The standard InChI is InChI=1S/C10H11F2NO3/c1-15-8(14)6-2-3-7(16-6)9(13)4-10(11,12)5-9/h2-3H,4-5,13H2,1H3. The van der Waals surface area contributed by atoms with Crippen LogP contribution in [0.3, 0.4) is 0 Å². The molecule has 0 atom stereocenters. The van der Waals surface area contributed by atoms with Gasteiger partial charge in [-0.05, 0) is 12.1 Å². The highest BCUT2D eigenvalue weighted by Crippen LogP contribution is 2.50. The number of hydrogen-bond donors (Lipinski definition) is 1. The molecule has 0 bridgehead atoms. The van der Waals surface area contributed by atoms with Crippen molar-refractivity contribution >= 4 is 5.97 Å². The smallest absolute Gasteiger partial charge is 0.373 e. The van der Waals surface area contributed by atoms with Crippen LogP contribution < -0.4 is 5.73 Å². The summed E-state index contributed by atoms with van der Waals surface area (Å²) in [4.78, 5) is 11.1. The van der Waals surface area contributed by atoms with Gasteiger partial charge in [-0.1, -0.05) is 0 Å². The first-order valence-electron chi connectivity index (χ1n) is 4.72. The Morgan fingerprint density at radius 1 is 1.50 bits per heavy atom. The number of rotatable bonds is 2. The fraction of sp³-hybridized carbons (Fsp3) is 0.500. The van der Waals surface area contributed by atoms with E-state index in [-0.39, 0.29) is 11.5 Å². The molecule has 1 heterocycles. The van der Waals surface area contributed by atoms with Gasteiger partial charge in [0.25, 0.3) is 5.92 Å². The Hall–Kier alpha value is -1.43. The van der Waals surface area contributed by atoms with E-state index in [0.717, 1.165) is 0 Å². The second-order valence-electron chi connectivity index (χ2n) is 4.02. The summed E-state index contributed by atoms with van der Waals surface area (Å²) in [5.74, 6) is -3.23. The molecule has 2 N–H and O–H groups in total. The first-order valence-corrected chi connectivity index (χ1v) is 4.72. The number of esters is 1. The van der Waals surface area contributed by atoms with Crippen LogP contribution in [0.5, 0.6) is 0 Å². The van der Waals surface area contributed by atoms with Gasteiger partial charge in [-0.15, -0.1) is 0 Å². The van der Waals surface area contributed by atoms with E-state index >= 15 is 0 Å². The van der Waals surface area contributed by atoms with Crippen molar-refractivity contribution in [3.63, 3.8) is 0 Å². The number of furan rings is 1. The van der Waals surface area contributed by atoms with Crippen LogP contribution in [0.15, 0.2) is 16.5 Å². The van der Waals surface area contributed by atoms with Crippen LogP contribution in [-0.4, -0.2) is 19.0 Å². The van der Waals surface area contributed by atoms with Gasteiger partial charge in [0.05, 0.1) is 12.6 Å². The SMILES string of the molecule is COC(=O)c1ccc(C2(N)CC(F)(F)C2)o1. The third-order valence-electron chi connectivity index (χ3n) is 2.63. The molecule has 6 heteroatoms. The predicted octanol–water partition coefficient (Wildman–Crippen LogP) is 1.65. The second kappa shape index (κ2) is 3.28. The third-order valence-corrected chi connectivity index (χ3v) is 2.63. The lowest BCUT2D eigenvalue weighted by Crippen LogP contribution is -2.55. The average molecular weight is 231 g/mol. The van der Waals surface area contributed by atoms with Gasteiger partial charge < -0.3 is 14.9 Å². The normalized spacial score (nSPS) is 21.2. The molecule has 1 saturated carbocycles.